The number of hydrogen-bond acceptors (Lipinski definition) is 6. The highest BCUT2D eigenvalue weighted by Crippen LogP contribution is 2.10. The number of anilines is 1. The summed E-state index contributed by atoms with van der Waals surface area (Å²) in [6, 6.07) is 3.22. The van der Waals surface area contributed by atoms with Crippen molar-refractivity contribution in [2.45, 2.75) is 26.4 Å². The fraction of sp³-hybridized carbons (Fsp3) is 0.500. The van der Waals surface area contributed by atoms with E-state index >= 15 is 0 Å². The van der Waals surface area contributed by atoms with E-state index in [9.17, 15) is 4.79 Å². The normalized spacial score (nSPS) is 10.7. The zero-order valence-electron chi connectivity index (χ0n) is 11.3. The number of carbonyl (C=O) groups is 1. The van der Waals surface area contributed by atoms with E-state index in [0.717, 1.165) is 0 Å². The van der Waals surface area contributed by atoms with Crippen molar-refractivity contribution in [1.82, 2.24) is 10.3 Å². The second-order valence-electron chi connectivity index (χ2n) is 4.77. The monoisotopic (exact) mass is 269 g/mol. The molecule has 1 heterocycles. The van der Waals surface area contributed by atoms with Crippen molar-refractivity contribution in [2.24, 2.45) is 0 Å². The highest BCUT2D eigenvalue weighted by molar-refractivity contribution is 5.67. The number of ether oxygens (including phenoxy) is 2. The number of amides is 1. The van der Waals surface area contributed by atoms with Crippen LogP contribution in [0.3, 0.4) is 0 Å². The van der Waals surface area contributed by atoms with Gasteiger partial charge in [-0.1, -0.05) is 0 Å². The summed E-state index contributed by atoms with van der Waals surface area (Å²) in [7, 11) is 0. The zero-order valence-corrected chi connectivity index (χ0v) is 11.3. The summed E-state index contributed by atoms with van der Waals surface area (Å²) < 4.78 is 10.4. The van der Waals surface area contributed by atoms with E-state index in [0.29, 0.717) is 18.1 Å². The lowest BCUT2D eigenvalue weighted by Gasteiger charge is -2.19. The maximum Gasteiger partial charge on any atom is 0.407 e. The second-order valence-corrected chi connectivity index (χ2v) is 4.77. The van der Waals surface area contributed by atoms with E-state index in [-0.39, 0.29) is 6.61 Å². The smallest absolute Gasteiger partial charge is 0.407 e. The highest BCUT2D eigenvalue weighted by Gasteiger charge is 2.15. The molecule has 0 radical (unpaired) electrons. The summed E-state index contributed by atoms with van der Waals surface area (Å²) in [6.45, 7) is 5.98. The van der Waals surface area contributed by atoms with E-state index in [1.807, 2.05) is 5.48 Å². The first-order chi connectivity index (χ1) is 8.90. The Kier molecular flexibility index (Phi) is 5.37. The number of aromatic nitrogens is 1. The molecule has 7 nitrogen and oxygen atoms in total. The van der Waals surface area contributed by atoms with Gasteiger partial charge in [0.15, 0.2) is 0 Å². The van der Waals surface area contributed by atoms with Crippen LogP contribution < -0.4 is 15.5 Å². The van der Waals surface area contributed by atoms with E-state index in [1.165, 1.54) is 6.20 Å². The van der Waals surface area contributed by atoms with Crippen molar-refractivity contribution < 1.29 is 19.5 Å². The summed E-state index contributed by atoms with van der Waals surface area (Å²) in [5, 5.41) is 11.2. The van der Waals surface area contributed by atoms with E-state index < -0.39 is 11.7 Å². The first-order valence-corrected chi connectivity index (χ1v) is 5.86. The van der Waals surface area contributed by atoms with Crippen molar-refractivity contribution in [3.63, 3.8) is 0 Å². The van der Waals surface area contributed by atoms with E-state index in [1.54, 1.807) is 32.9 Å². The Morgan fingerprint density at radius 1 is 1.42 bits per heavy atom. The van der Waals surface area contributed by atoms with Crippen LogP contribution in [0.2, 0.25) is 0 Å². The number of alkyl carbamates (subject to hydrolysis) is 1. The van der Waals surface area contributed by atoms with Gasteiger partial charge in [0, 0.05) is 6.07 Å². The lowest BCUT2D eigenvalue weighted by atomic mass is 10.2. The van der Waals surface area contributed by atoms with Gasteiger partial charge in [0.05, 0.1) is 18.4 Å². The fourth-order valence-electron chi connectivity index (χ4n) is 1.15. The van der Waals surface area contributed by atoms with Crippen LogP contribution in [0.15, 0.2) is 18.3 Å². The third-order valence-electron chi connectivity index (χ3n) is 1.89. The van der Waals surface area contributed by atoms with E-state index in [4.69, 9.17) is 14.7 Å². The minimum atomic E-state index is -0.514. The molecule has 0 spiro atoms. The number of nitrogens with zero attached hydrogens (tertiary/aromatic N) is 1. The molecular formula is C12H19N3O4. The van der Waals surface area contributed by atoms with Crippen LogP contribution >= 0.6 is 0 Å². The highest BCUT2D eigenvalue weighted by atomic mass is 16.6. The average Bonchev–Trinajstić information content (AvgIpc) is 2.33. The molecule has 0 aliphatic carbocycles. The van der Waals surface area contributed by atoms with Gasteiger partial charge < -0.3 is 14.8 Å². The molecule has 0 saturated carbocycles. The van der Waals surface area contributed by atoms with Crippen molar-refractivity contribution in [3.05, 3.63) is 18.3 Å². The van der Waals surface area contributed by atoms with Crippen LogP contribution in [0.4, 0.5) is 10.5 Å². The van der Waals surface area contributed by atoms with Gasteiger partial charge in [-0.25, -0.2) is 9.78 Å². The molecule has 0 unspecified atom stereocenters. The molecule has 106 valence electrons. The maximum absolute atomic E-state index is 11.3. The first kappa shape index (κ1) is 15.0. The molecule has 3 N–H and O–H groups in total. The third kappa shape index (κ3) is 6.46. The maximum atomic E-state index is 11.3. The molecule has 1 aromatic rings. The molecular weight excluding hydrogens is 250 g/mol. The number of rotatable bonds is 5. The van der Waals surface area contributed by atoms with E-state index in [2.05, 4.69) is 10.3 Å². The van der Waals surface area contributed by atoms with Crippen LogP contribution in [0.1, 0.15) is 20.8 Å². The van der Waals surface area contributed by atoms with Gasteiger partial charge in [0.1, 0.15) is 12.2 Å². The molecule has 0 fully saturated rings. The Labute approximate surface area is 111 Å². The van der Waals surface area contributed by atoms with Gasteiger partial charge in [-0.15, -0.1) is 0 Å². The molecule has 1 aromatic heterocycles. The molecule has 0 saturated heterocycles. The number of carbonyl (C=O) groups excluding carboxylic acids is 1. The molecule has 0 atom stereocenters. The zero-order chi connectivity index (χ0) is 14.3. The summed E-state index contributed by atoms with van der Waals surface area (Å²) in [5.41, 5.74) is 1.92. The van der Waals surface area contributed by atoms with Gasteiger partial charge in [-0.2, -0.15) is 0 Å². The summed E-state index contributed by atoms with van der Waals surface area (Å²) in [6.07, 6.45) is 0.945. The van der Waals surface area contributed by atoms with Gasteiger partial charge in [0.25, 0.3) is 0 Å². The Bertz CT molecular complexity index is 400. The van der Waals surface area contributed by atoms with Crippen LogP contribution in [-0.2, 0) is 4.74 Å². The Balaban J connectivity index is 2.21. The van der Waals surface area contributed by atoms with Crippen molar-refractivity contribution in [2.75, 3.05) is 18.6 Å². The Morgan fingerprint density at radius 3 is 2.68 bits per heavy atom. The SMILES string of the molecule is CC(C)(C)OC(=O)NCCOc1ccc(NO)cn1. The quantitative estimate of drug-likeness (QED) is 0.557. The van der Waals surface area contributed by atoms with Crippen LogP contribution in [-0.4, -0.2) is 35.0 Å². The molecule has 0 aliphatic rings. The van der Waals surface area contributed by atoms with Gasteiger partial charge in [-0.3, -0.25) is 10.7 Å². The molecule has 19 heavy (non-hydrogen) atoms. The molecule has 1 rings (SSSR count). The lowest BCUT2D eigenvalue weighted by Crippen LogP contribution is -2.34. The molecule has 0 bridgehead atoms. The molecule has 7 heteroatoms. The number of nitrogens with one attached hydrogen (secondary N) is 2. The van der Waals surface area contributed by atoms with Gasteiger partial charge in [-0.05, 0) is 26.8 Å². The fourth-order valence-corrected chi connectivity index (χ4v) is 1.15. The number of pyridine rings is 1. The van der Waals surface area contributed by atoms with Crippen LogP contribution in [0.25, 0.3) is 0 Å². The third-order valence-corrected chi connectivity index (χ3v) is 1.89. The standard InChI is InChI=1S/C12H19N3O4/c1-12(2,3)19-11(16)13-6-7-18-10-5-4-9(15-17)8-14-10/h4-5,8,15,17H,6-7H2,1-3H3,(H,13,16). The molecule has 1 amide bonds. The summed E-state index contributed by atoms with van der Waals surface area (Å²) in [5.74, 6) is 0.407. The van der Waals surface area contributed by atoms with Crippen molar-refractivity contribution in [1.29, 1.82) is 0 Å². The van der Waals surface area contributed by atoms with Gasteiger partial charge >= 0.3 is 6.09 Å². The largest absolute Gasteiger partial charge is 0.476 e. The van der Waals surface area contributed by atoms with Gasteiger partial charge in [0.2, 0.25) is 5.88 Å². The molecule has 0 aromatic carbocycles. The first-order valence-electron chi connectivity index (χ1n) is 5.86. The Hall–Kier alpha value is -2.02. The number of hydrogen-bond donors (Lipinski definition) is 3. The van der Waals surface area contributed by atoms with Crippen LogP contribution in [0, 0.1) is 0 Å². The predicted octanol–water partition coefficient (Wildman–Crippen LogP) is 1.79. The minimum absolute atomic E-state index is 0.276. The average molecular weight is 269 g/mol. The van der Waals surface area contributed by atoms with Crippen molar-refractivity contribution in [3.8, 4) is 5.88 Å². The molecule has 0 aliphatic heterocycles. The lowest BCUT2D eigenvalue weighted by molar-refractivity contribution is 0.0520. The van der Waals surface area contributed by atoms with Crippen LogP contribution in [0.5, 0.6) is 5.88 Å². The Morgan fingerprint density at radius 2 is 2.16 bits per heavy atom. The topological polar surface area (TPSA) is 92.7 Å². The minimum Gasteiger partial charge on any atom is -0.476 e. The summed E-state index contributed by atoms with van der Waals surface area (Å²) >= 11 is 0. The second kappa shape index (κ2) is 6.79. The predicted molar refractivity (Wildman–Crippen MR) is 69.4 cm³/mol. The summed E-state index contributed by atoms with van der Waals surface area (Å²) in [4.78, 5) is 15.2. The van der Waals surface area contributed by atoms with Crippen molar-refractivity contribution >= 4 is 11.8 Å².